The highest BCUT2D eigenvalue weighted by Gasteiger charge is 2.40. The van der Waals surface area contributed by atoms with Gasteiger partial charge in [-0.1, -0.05) is 16.9 Å². The van der Waals surface area contributed by atoms with Gasteiger partial charge in [-0.2, -0.15) is 0 Å². The monoisotopic (exact) mass is 377 g/mol. The molecule has 3 aliphatic rings. The Hall–Kier alpha value is -1.50. The average Bonchev–Trinajstić information content (AvgIpc) is 3.04. The summed E-state index contributed by atoms with van der Waals surface area (Å²) in [6, 6.07) is 9.88. The predicted molar refractivity (Wildman–Crippen MR) is 97.1 cm³/mol. The summed E-state index contributed by atoms with van der Waals surface area (Å²) in [5.41, 5.74) is 0.686. The number of carbonyl (C=O) groups excluding carboxylic acids is 1. The molecule has 0 aliphatic carbocycles. The van der Waals surface area contributed by atoms with Crippen molar-refractivity contribution in [2.75, 3.05) is 13.1 Å². The Labute approximate surface area is 156 Å². The minimum absolute atomic E-state index is 0.00614. The molecule has 2 unspecified atom stereocenters. The summed E-state index contributed by atoms with van der Waals surface area (Å²) in [5.74, 6) is 0.613. The lowest BCUT2D eigenvalue weighted by atomic mass is 9.79. The van der Waals surface area contributed by atoms with E-state index in [1.807, 2.05) is 24.3 Å². The molecule has 2 aromatic rings. The van der Waals surface area contributed by atoms with Crippen molar-refractivity contribution in [1.29, 1.82) is 0 Å². The predicted octanol–water partition coefficient (Wildman–Crippen LogP) is 3.69. The van der Waals surface area contributed by atoms with Crippen LogP contribution in [0.15, 0.2) is 44.8 Å². The highest BCUT2D eigenvalue weighted by molar-refractivity contribution is 7.99. The summed E-state index contributed by atoms with van der Waals surface area (Å²) in [4.78, 5) is 16.1. The molecule has 7 heteroatoms. The Morgan fingerprint density at radius 2 is 2.04 bits per heavy atom. The fourth-order valence-electron chi connectivity index (χ4n) is 3.86. The number of halogens is 1. The molecular formula is C18H20ClN3O2S. The number of rotatable bonds is 4. The topological polar surface area (TPSA) is 58.4 Å². The maximum Gasteiger partial charge on any atom is 0.251 e. The number of aromatic nitrogens is 1. The van der Waals surface area contributed by atoms with Crippen molar-refractivity contribution in [2.45, 2.75) is 41.8 Å². The van der Waals surface area contributed by atoms with Crippen molar-refractivity contribution in [3.05, 3.63) is 41.1 Å². The summed E-state index contributed by atoms with van der Waals surface area (Å²) < 4.78 is 4.84. The molecule has 4 heterocycles. The van der Waals surface area contributed by atoms with E-state index in [-0.39, 0.29) is 17.2 Å². The third kappa shape index (κ3) is 3.57. The number of hydrogen-bond acceptors (Lipinski definition) is 5. The van der Waals surface area contributed by atoms with Gasteiger partial charge in [0.25, 0.3) is 5.91 Å². The number of nitrogens with zero attached hydrogens (tertiary/aromatic N) is 2. The van der Waals surface area contributed by atoms with Crippen LogP contribution < -0.4 is 5.32 Å². The average molecular weight is 378 g/mol. The summed E-state index contributed by atoms with van der Waals surface area (Å²) in [6.07, 6.45) is 2.37. The molecule has 1 aromatic carbocycles. The minimum Gasteiger partial charge on any atom is -0.347 e. The molecule has 0 spiro atoms. The van der Waals surface area contributed by atoms with E-state index < -0.39 is 0 Å². The van der Waals surface area contributed by atoms with Gasteiger partial charge < -0.3 is 9.84 Å². The first kappa shape index (κ1) is 16.9. The van der Waals surface area contributed by atoms with E-state index in [0.717, 1.165) is 18.0 Å². The summed E-state index contributed by atoms with van der Waals surface area (Å²) in [7, 11) is 0. The lowest BCUT2D eigenvalue weighted by Gasteiger charge is -2.49. The molecule has 1 aromatic heterocycles. The summed E-state index contributed by atoms with van der Waals surface area (Å²) in [5, 5.41) is 8.07. The molecule has 5 nitrogen and oxygen atoms in total. The van der Waals surface area contributed by atoms with Crippen LogP contribution in [0, 0.1) is 5.92 Å². The maximum absolute atomic E-state index is 12.6. The zero-order valence-corrected chi connectivity index (χ0v) is 15.5. The lowest BCUT2D eigenvalue weighted by Crippen LogP contribution is -2.62. The van der Waals surface area contributed by atoms with Crippen LogP contribution >= 0.6 is 23.4 Å². The van der Waals surface area contributed by atoms with Gasteiger partial charge in [0, 0.05) is 28.6 Å². The van der Waals surface area contributed by atoms with Gasteiger partial charge in [0.2, 0.25) is 5.22 Å². The number of carbonyl (C=O) groups is 1. The second kappa shape index (κ2) is 7.02. The number of benzene rings is 1. The third-order valence-corrected chi connectivity index (χ3v) is 6.36. The van der Waals surface area contributed by atoms with Crippen LogP contribution in [0.4, 0.5) is 0 Å². The Kier molecular flexibility index (Phi) is 4.75. The SMILES string of the molecule is CC1C(NC(=O)c2ccc(Sc3cc(Cl)on3)cc2)C2CCN1CC2. The van der Waals surface area contributed by atoms with Crippen LogP contribution in [0.1, 0.15) is 30.1 Å². The molecule has 0 saturated carbocycles. The highest BCUT2D eigenvalue weighted by atomic mass is 35.5. The molecular weight excluding hydrogens is 358 g/mol. The van der Waals surface area contributed by atoms with E-state index >= 15 is 0 Å². The minimum atomic E-state index is 0.00614. The Morgan fingerprint density at radius 1 is 1.32 bits per heavy atom. The van der Waals surface area contributed by atoms with Gasteiger partial charge in [-0.25, -0.2) is 0 Å². The van der Waals surface area contributed by atoms with Gasteiger partial charge >= 0.3 is 0 Å². The lowest BCUT2D eigenvalue weighted by molar-refractivity contribution is 0.0217. The zero-order valence-electron chi connectivity index (χ0n) is 13.9. The first-order chi connectivity index (χ1) is 12.1. The Balaban J connectivity index is 1.40. The number of amides is 1. The molecule has 2 bridgehead atoms. The molecule has 25 heavy (non-hydrogen) atoms. The van der Waals surface area contributed by atoms with Crippen LogP contribution in [-0.2, 0) is 0 Å². The first-order valence-electron chi connectivity index (χ1n) is 8.55. The van der Waals surface area contributed by atoms with E-state index in [9.17, 15) is 4.79 Å². The molecule has 3 fully saturated rings. The molecule has 3 aliphatic heterocycles. The van der Waals surface area contributed by atoms with Crippen molar-refractivity contribution in [1.82, 2.24) is 15.4 Å². The van der Waals surface area contributed by atoms with Crippen LogP contribution in [0.3, 0.4) is 0 Å². The van der Waals surface area contributed by atoms with Gasteiger partial charge in [-0.15, -0.1) is 0 Å². The molecule has 132 valence electrons. The normalized spacial score (nSPS) is 28.1. The third-order valence-electron chi connectivity index (χ3n) is 5.27. The number of nitrogens with one attached hydrogen (secondary N) is 1. The molecule has 2 atom stereocenters. The van der Waals surface area contributed by atoms with Gasteiger partial charge in [-0.3, -0.25) is 9.69 Å². The van der Waals surface area contributed by atoms with Gasteiger partial charge in [0.1, 0.15) is 5.03 Å². The largest absolute Gasteiger partial charge is 0.347 e. The number of piperidine rings is 3. The van der Waals surface area contributed by atoms with Crippen molar-refractivity contribution in [3.63, 3.8) is 0 Å². The summed E-state index contributed by atoms with van der Waals surface area (Å²) >= 11 is 7.17. The standard InChI is InChI=1S/C18H20ClN3O2S/c1-11-17(12-6-8-22(11)9-7-12)20-18(23)13-2-4-14(5-3-13)25-16-10-15(19)24-21-16/h2-5,10-12,17H,6-9H2,1H3,(H,20,23). The van der Waals surface area contributed by atoms with Crippen LogP contribution in [0.25, 0.3) is 0 Å². The number of fused-ring (bicyclic) bond motifs is 3. The van der Waals surface area contributed by atoms with Gasteiger partial charge in [-0.05, 0) is 74.6 Å². The van der Waals surface area contributed by atoms with Gasteiger partial charge in [0.15, 0.2) is 0 Å². The zero-order chi connectivity index (χ0) is 17.4. The first-order valence-corrected chi connectivity index (χ1v) is 9.74. The van der Waals surface area contributed by atoms with Gasteiger partial charge in [0.05, 0.1) is 0 Å². The molecule has 5 rings (SSSR count). The molecule has 1 amide bonds. The Morgan fingerprint density at radius 3 is 2.64 bits per heavy atom. The molecule has 3 saturated heterocycles. The van der Waals surface area contributed by atoms with Crippen LogP contribution in [0.2, 0.25) is 5.22 Å². The van der Waals surface area contributed by atoms with Crippen molar-refractivity contribution in [2.24, 2.45) is 5.92 Å². The fraction of sp³-hybridized carbons (Fsp3) is 0.444. The fourth-order valence-corrected chi connectivity index (χ4v) is 4.82. The van der Waals surface area contributed by atoms with Crippen molar-refractivity contribution >= 4 is 29.3 Å². The number of hydrogen-bond donors (Lipinski definition) is 1. The molecule has 1 N–H and O–H groups in total. The van der Waals surface area contributed by atoms with Crippen molar-refractivity contribution < 1.29 is 9.32 Å². The maximum atomic E-state index is 12.6. The van der Waals surface area contributed by atoms with E-state index in [1.54, 1.807) is 6.07 Å². The van der Waals surface area contributed by atoms with E-state index in [4.69, 9.17) is 16.1 Å². The highest BCUT2D eigenvalue weighted by Crippen LogP contribution is 2.32. The summed E-state index contributed by atoms with van der Waals surface area (Å²) in [6.45, 7) is 4.55. The van der Waals surface area contributed by atoms with Crippen molar-refractivity contribution in [3.8, 4) is 0 Å². The van der Waals surface area contributed by atoms with Crippen LogP contribution in [-0.4, -0.2) is 41.1 Å². The second-order valence-corrected chi connectivity index (χ2v) is 8.18. The second-order valence-electron chi connectivity index (χ2n) is 6.71. The Bertz CT molecular complexity index is 754. The van der Waals surface area contributed by atoms with Crippen LogP contribution in [0.5, 0.6) is 0 Å². The molecule has 0 radical (unpaired) electrons. The quantitative estimate of drug-likeness (QED) is 0.880. The van der Waals surface area contributed by atoms with E-state index in [0.29, 0.717) is 22.5 Å². The van der Waals surface area contributed by atoms with E-state index in [1.165, 1.54) is 24.6 Å². The van der Waals surface area contributed by atoms with E-state index in [2.05, 4.69) is 22.3 Å². The smallest absolute Gasteiger partial charge is 0.251 e.